The zero-order chi connectivity index (χ0) is 8.55. The van der Waals surface area contributed by atoms with E-state index in [1.165, 1.54) is 5.69 Å². The highest BCUT2D eigenvalue weighted by atomic mass is 35.5. The molecule has 2 nitrogen and oxygen atoms in total. The number of carbonyl (C=O) groups is 1. The predicted octanol–water partition coefficient (Wildman–Crippen LogP) is 2.20. The number of aldehydes is 1. The normalized spacial score (nSPS) is 15.8. The lowest BCUT2D eigenvalue weighted by Gasteiger charge is -2.15. The van der Waals surface area contributed by atoms with E-state index in [-0.39, 0.29) is 0 Å². The molecule has 0 spiro atoms. The quantitative estimate of drug-likeness (QED) is 0.650. The summed E-state index contributed by atoms with van der Waals surface area (Å²) in [6.07, 6.45) is 0.835. The second-order valence-electron chi connectivity index (χ2n) is 2.69. The molecule has 0 aliphatic carbocycles. The summed E-state index contributed by atoms with van der Waals surface area (Å²) in [5, 5.41) is 0.586. The molecular formula is C8H8ClNOS. The number of rotatable bonds is 1. The second kappa shape index (κ2) is 3.15. The standard InChI is InChI=1S/C8H8ClNOS/c9-7-3-6-5-12-2-1-10(6)8(7)4-11/h3-4H,1-2,5H2. The average Bonchev–Trinajstić information content (AvgIpc) is 2.40. The Hall–Kier alpha value is -0.410. The number of carbonyl (C=O) groups excluding carboxylic acids is 1. The van der Waals surface area contributed by atoms with Gasteiger partial charge in [0.05, 0.1) is 5.02 Å². The molecule has 0 atom stereocenters. The summed E-state index contributed by atoms with van der Waals surface area (Å²) in [5.74, 6) is 2.03. The molecule has 1 aromatic heterocycles. The highest BCUT2D eigenvalue weighted by molar-refractivity contribution is 7.98. The van der Waals surface area contributed by atoms with Gasteiger partial charge in [0.2, 0.25) is 0 Å². The van der Waals surface area contributed by atoms with E-state index in [1.807, 2.05) is 22.4 Å². The van der Waals surface area contributed by atoms with Gasteiger partial charge in [0.25, 0.3) is 0 Å². The van der Waals surface area contributed by atoms with E-state index in [9.17, 15) is 4.79 Å². The maximum Gasteiger partial charge on any atom is 0.167 e. The summed E-state index contributed by atoms with van der Waals surface area (Å²) in [6.45, 7) is 0.904. The Morgan fingerprint density at radius 3 is 3.25 bits per heavy atom. The van der Waals surface area contributed by atoms with Crippen molar-refractivity contribution in [3.8, 4) is 0 Å². The largest absolute Gasteiger partial charge is 0.340 e. The average molecular weight is 202 g/mol. The minimum absolute atomic E-state index is 0.586. The minimum atomic E-state index is 0.586. The van der Waals surface area contributed by atoms with E-state index in [2.05, 4.69) is 0 Å². The van der Waals surface area contributed by atoms with Crippen LogP contribution in [0.15, 0.2) is 6.07 Å². The Balaban J connectivity index is 2.53. The molecule has 64 valence electrons. The van der Waals surface area contributed by atoms with Gasteiger partial charge in [-0.2, -0.15) is 11.8 Å². The number of nitrogens with zero attached hydrogens (tertiary/aromatic N) is 1. The lowest BCUT2D eigenvalue weighted by Crippen LogP contribution is -2.12. The van der Waals surface area contributed by atoms with Gasteiger partial charge in [-0.05, 0) is 6.07 Å². The lowest BCUT2D eigenvalue weighted by atomic mass is 10.4. The van der Waals surface area contributed by atoms with Crippen LogP contribution < -0.4 is 0 Å². The van der Waals surface area contributed by atoms with Crippen LogP contribution in [0.4, 0.5) is 0 Å². The number of hydrogen-bond donors (Lipinski definition) is 0. The van der Waals surface area contributed by atoms with Crippen molar-refractivity contribution in [2.75, 3.05) is 5.75 Å². The highest BCUT2D eigenvalue weighted by Crippen LogP contribution is 2.27. The highest BCUT2D eigenvalue weighted by Gasteiger charge is 2.15. The van der Waals surface area contributed by atoms with Crippen molar-refractivity contribution >= 4 is 29.6 Å². The fraction of sp³-hybridized carbons (Fsp3) is 0.375. The van der Waals surface area contributed by atoms with Gasteiger partial charge in [-0.25, -0.2) is 0 Å². The fourth-order valence-electron chi connectivity index (χ4n) is 1.42. The smallest absolute Gasteiger partial charge is 0.167 e. The van der Waals surface area contributed by atoms with Gasteiger partial charge in [0.1, 0.15) is 5.69 Å². The third-order valence-corrected chi connectivity index (χ3v) is 3.27. The first-order valence-corrected chi connectivity index (χ1v) is 5.27. The Morgan fingerprint density at radius 1 is 1.67 bits per heavy atom. The maximum absolute atomic E-state index is 10.6. The molecule has 1 aromatic rings. The SMILES string of the molecule is O=Cc1c(Cl)cc2n1CCSC2. The van der Waals surface area contributed by atoms with Gasteiger partial charge >= 0.3 is 0 Å². The van der Waals surface area contributed by atoms with Gasteiger partial charge in [0.15, 0.2) is 6.29 Å². The van der Waals surface area contributed by atoms with E-state index in [0.29, 0.717) is 10.7 Å². The van der Waals surface area contributed by atoms with Crippen molar-refractivity contribution in [3.63, 3.8) is 0 Å². The van der Waals surface area contributed by atoms with Crippen molar-refractivity contribution in [2.45, 2.75) is 12.3 Å². The first-order chi connectivity index (χ1) is 5.83. The third kappa shape index (κ3) is 1.17. The monoisotopic (exact) mass is 201 g/mol. The Kier molecular flexibility index (Phi) is 2.15. The molecular weight excluding hydrogens is 194 g/mol. The summed E-state index contributed by atoms with van der Waals surface area (Å²) in [7, 11) is 0. The predicted molar refractivity (Wildman–Crippen MR) is 51.0 cm³/mol. The molecule has 0 amide bonds. The number of hydrogen-bond acceptors (Lipinski definition) is 2. The van der Waals surface area contributed by atoms with Gasteiger partial charge in [-0.15, -0.1) is 0 Å². The first kappa shape index (κ1) is 8.20. The second-order valence-corrected chi connectivity index (χ2v) is 4.20. The molecule has 0 N–H and O–H groups in total. The summed E-state index contributed by atoms with van der Waals surface area (Å²) < 4.78 is 2.01. The number of fused-ring (bicyclic) bond motifs is 1. The first-order valence-electron chi connectivity index (χ1n) is 3.74. The topological polar surface area (TPSA) is 22.0 Å². The van der Waals surface area contributed by atoms with Crippen LogP contribution >= 0.6 is 23.4 Å². The molecule has 4 heteroatoms. The molecule has 0 saturated heterocycles. The van der Waals surface area contributed by atoms with Crippen LogP contribution in [0.25, 0.3) is 0 Å². The van der Waals surface area contributed by atoms with E-state index < -0.39 is 0 Å². The van der Waals surface area contributed by atoms with Crippen LogP contribution in [-0.4, -0.2) is 16.6 Å². The van der Waals surface area contributed by atoms with E-state index in [4.69, 9.17) is 11.6 Å². The summed E-state index contributed by atoms with van der Waals surface area (Å²) in [6, 6.07) is 1.89. The van der Waals surface area contributed by atoms with Crippen molar-refractivity contribution in [2.24, 2.45) is 0 Å². The molecule has 0 radical (unpaired) electrons. The van der Waals surface area contributed by atoms with Crippen LogP contribution in [0.5, 0.6) is 0 Å². The molecule has 0 aromatic carbocycles. The molecule has 2 heterocycles. The number of thioether (sulfide) groups is 1. The van der Waals surface area contributed by atoms with Crippen molar-refractivity contribution < 1.29 is 4.79 Å². The molecule has 1 aliphatic heterocycles. The van der Waals surface area contributed by atoms with Gasteiger partial charge in [-0.3, -0.25) is 4.79 Å². The number of halogens is 1. The zero-order valence-corrected chi connectivity index (χ0v) is 7.99. The van der Waals surface area contributed by atoms with Crippen molar-refractivity contribution in [1.29, 1.82) is 0 Å². The third-order valence-electron chi connectivity index (χ3n) is 2.00. The Morgan fingerprint density at radius 2 is 2.50 bits per heavy atom. The van der Waals surface area contributed by atoms with Crippen LogP contribution in [0, 0.1) is 0 Å². The van der Waals surface area contributed by atoms with E-state index in [1.54, 1.807) is 0 Å². The van der Waals surface area contributed by atoms with Crippen molar-refractivity contribution in [1.82, 2.24) is 4.57 Å². The van der Waals surface area contributed by atoms with Crippen LogP contribution in [0.1, 0.15) is 16.2 Å². The van der Waals surface area contributed by atoms with E-state index in [0.717, 1.165) is 24.3 Å². The summed E-state index contributed by atoms with van der Waals surface area (Å²) in [5.41, 5.74) is 1.80. The van der Waals surface area contributed by atoms with Crippen LogP contribution in [-0.2, 0) is 12.3 Å². The summed E-state index contributed by atoms with van der Waals surface area (Å²) >= 11 is 7.75. The molecule has 0 saturated carbocycles. The minimum Gasteiger partial charge on any atom is -0.340 e. The molecule has 0 unspecified atom stereocenters. The van der Waals surface area contributed by atoms with Crippen molar-refractivity contribution in [3.05, 3.63) is 22.5 Å². The zero-order valence-electron chi connectivity index (χ0n) is 6.42. The Labute approximate surface area is 79.9 Å². The van der Waals surface area contributed by atoms with E-state index >= 15 is 0 Å². The lowest BCUT2D eigenvalue weighted by molar-refractivity contribution is 0.111. The summed E-state index contributed by atoms with van der Waals surface area (Å²) in [4.78, 5) is 10.6. The van der Waals surface area contributed by atoms with Crippen LogP contribution in [0.2, 0.25) is 5.02 Å². The maximum atomic E-state index is 10.6. The van der Waals surface area contributed by atoms with Gasteiger partial charge in [-0.1, -0.05) is 11.6 Å². The Bertz CT molecular complexity index is 321. The van der Waals surface area contributed by atoms with Gasteiger partial charge < -0.3 is 4.57 Å². The molecule has 1 aliphatic rings. The van der Waals surface area contributed by atoms with Crippen LogP contribution in [0.3, 0.4) is 0 Å². The molecule has 0 bridgehead atoms. The molecule has 0 fully saturated rings. The molecule has 12 heavy (non-hydrogen) atoms. The van der Waals surface area contributed by atoms with Gasteiger partial charge in [0, 0.05) is 23.7 Å². The number of aromatic nitrogens is 1. The molecule has 2 rings (SSSR count). The fourth-order valence-corrected chi connectivity index (χ4v) is 2.59.